The third-order valence-electron chi connectivity index (χ3n) is 8.79. The van der Waals surface area contributed by atoms with E-state index in [0.717, 1.165) is 64.1 Å². The number of anilines is 3. The van der Waals surface area contributed by atoms with E-state index in [2.05, 4.69) is 30.4 Å². The van der Waals surface area contributed by atoms with Gasteiger partial charge in [-0.2, -0.15) is 4.98 Å². The van der Waals surface area contributed by atoms with Crippen molar-refractivity contribution in [3.8, 4) is 0 Å². The first-order valence-corrected chi connectivity index (χ1v) is 16.6. The Morgan fingerprint density at radius 3 is 2.27 bits per heavy atom. The highest BCUT2D eigenvalue weighted by Gasteiger charge is 2.26. The standard InChI is InChI=1S/C33H46N8O7/c1-23-27-22-36-32(38-30(27)41(25-5-3-4-6-25)31(43)29(23)24(2)42)37-28-8-7-26(21-35-28)40-12-10-39(11-13-40)14-16-47-18-20-48-19-17-46-15-9-34-33(44)45/h7-8,21-22,25,34H,3-6,9-20H2,1-2H3,(H,44,45)(H,35,36,37,38). The number of ether oxygens (including phenoxy) is 3. The average Bonchev–Trinajstić information content (AvgIpc) is 3.60. The molecule has 4 heterocycles. The molecule has 260 valence electrons. The van der Waals surface area contributed by atoms with Crippen LogP contribution in [0.2, 0.25) is 0 Å². The van der Waals surface area contributed by atoms with Crippen LogP contribution in [0.3, 0.4) is 0 Å². The van der Waals surface area contributed by atoms with Crippen LogP contribution in [0.4, 0.5) is 22.2 Å². The number of fused-ring (bicyclic) bond motifs is 1. The molecule has 0 spiro atoms. The lowest BCUT2D eigenvalue weighted by molar-refractivity contribution is 0.0109. The number of carbonyl (C=O) groups excluding carboxylic acids is 1. The Morgan fingerprint density at radius 1 is 0.938 bits per heavy atom. The van der Waals surface area contributed by atoms with Crippen LogP contribution in [0.25, 0.3) is 11.0 Å². The summed E-state index contributed by atoms with van der Waals surface area (Å²) in [5.74, 6) is 0.713. The highest BCUT2D eigenvalue weighted by Crippen LogP contribution is 2.32. The molecule has 0 radical (unpaired) electrons. The maximum atomic E-state index is 13.5. The number of nitrogens with zero attached hydrogens (tertiary/aromatic N) is 6. The van der Waals surface area contributed by atoms with Crippen LogP contribution in [-0.2, 0) is 14.2 Å². The molecule has 1 amide bonds. The number of ketones is 1. The molecule has 15 heteroatoms. The highest BCUT2D eigenvalue weighted by atomic mass is 16.5. The summed E-state index contributed by atoms with van der Waals surface area (Å²) in [6.45, 7) is 10.7. The van der Waals surface area contributed by atoms with Gasteiger partial charge in [0.1, 0.15) is 11.5 Å². The maximum Gasteiger partial charge on any atom is 0.404 e. The van der Waals surface area contributed by atoms with Crippen LogP contribution < -0.4 is 21.1 Å². The fourth-order valence-electron chi connectivity index (χ4n) is 6.27. The molecule has 1 aliphatic heterocycles. The molecule has 5 rings (SSSR count). The second kappa shape index (κ2) is 17.3. The SMILES string of the molecule is CC(=O)c1c(C)c2cnc(Nc3ccc(N4CCN(CCOCCOCCOCCNC(=O)O)CC4)cn3)nc2n(C2CCCC2)c1=O. The monoisotopic (exact) mass is 666 g/mol. The van der Waals surface area contributed by atoms with Gasteiger partial charge in [0.05, 0.1) is 57.1 Å². The maximum absolute atomic E-state index is 13.5. The number of hydrogen-bond donors (Lipinski definition) is 3. The van der Waals surface area contributed by atoms with Crippen molar-refractivity contribution in [1.29, 1.82) is 0 Å². The van der Waals surface area contributed by atoms with E-state index < -0.39 is 6.09 Å². The van der Waals surface area contributed by atoms with Gasteiger partial charge >= 0.3 is 6.09 Å². The summed E-state index contributed by atoms with van der Waals surface area (Å²) in [7, 11) is 0. The lowest BCUT2D eigenvalue weighted by Crippen LogP contribution is -2.47. The Hall–Kier alpha value is -4.18. The van der Waals surface area contributed by atoms with Gasteiger partial charge in [-0.3, -0.25) is 19.1 Å². The van der Waals surface area contributed by atoms with Gasteiger partial charge in [-0.1, -0.05) is 12.8 Å². The lowest BCUT2D eigenvalue weighted by Gasteiger charge is -2.35. The molecule has 1 saturated heterocycles. The molecule has 1 saturated carbocycles. The highest BCUT2D eigenvalue weighted by molar-refractivity contribution is 5.99. The number of carboxylic acid groups (broad SMARTS) is 1. The van der Waals surface area contributed by atoms with Crippen LogP contribution in [0.5, 0.6) is 0 Å². The van der Waals surface area contributed by atoms with Crippen LogP contribution in [0.1, 0.15) is 54.6 Å². The zero-order valence-electron chi connectivity index (χ0n) is 27.8. The lowest BCUT2D eigenvalue weighted by atomic mass is 10.0. The Balaban J connectivity index is 1.06. The first kappa shape index (κ1) is 35.1. The van der Waals surface area contributed by atoms with Crippen molar-refractivity contribution < 1.29 is 28.9 Å². The van der Waals surface area contributed by atoms with E-state index in [1.807, 2.05) is 18.3 Å². The number of carbonyl (C=O) groups is 2. The van der Waals surface area contributed by atoms with Crippen molar-refractivity contribution in [3.05, 3.63) is 46.0 Å². The second-order valence-electron chi connectivity index (χ2n) is 12.0. The predicted octanol–water partition coefficient (Wildman–Crippen LogP) is 3.00. The van der Waals surface area contributed by atoms with E-state index in [-0.39, 0.29) is 29.5 Å². The minimum atomic E-state index is -1.06. The third kappa shape index (κ3) is 9.24. The van der Waals surface area contributed by atoms with Crippen molar-refractivity contribution in [2.45, 2.75) is 45.6 Å². The summed E-state index contributed by atoms with van der Waals surface area (Å²) in [6, 6.07) is 3.96. The van der Waals surface area contributed by atoms with E-state index in [9.17, 15) is 14.4 Å². The quantitative estimate of drug-likeness (QED) is 0.142. The van der Waals surface area contributed by atoms with E-state index in [4.69, 9.17) is 24.3 Å². The number of rotatable bonds is 17. The summed E-state index contributed by atoms with van der Waals surface area (Å²) >= 11 is 0. The van der Waals surface area contributed by atoms with Gasteiger partial charge in [-0.15, -0.1) is 0 Å². The summed E-state index contributed by atoms with van der Waals surface area (Å²) in [5, 5.41) is 14.6. The second-order valence-corrected chi connectivity index (χ2v) is 12.0. The minimum Gasteiger partial charge on any atom is -0.465 e. The number of piperazine rings is 1. The minimum absolute atomic E-state index is 0.0201. The Labute approximate surface area is 279 Å². The smallest absolute Gasteiger partial charge is 0.404 e. The number of amides is 1. The number of hydrogen-bond acceptors (Lipinski definition) is 12. The van der Waals surface area contributed by atoms with Crippen molar-refractivity contribution in [1.82, 2.24) is 29.7 Å². The Bertz CT molecular complexity index is 1590. The van der Waals surface area contributed by atoms with Gasteiger partial charge in [0.25, 0.3) is 5.56 Å². The molecule has 0 bridgehead atoms. The number of nitrogens with one attached hydrogen (secondary N) is 2. The van der Waals surface area contributed by atoms with E-state index in [1.165, 1.54) is 6.92 Å². The van der Waals surface area contributed by atoms with Gasteiger partial charge in [0.2, 0.25) is 5.95 Å². The predicted molar refractivity (Wildman–Crippen MR) is 181 cm³/mol. The van der Waals surface area contributed by atoms with Crippen LogP contribution in [-0.4, -0.2) is 120 Å². The molecule has 48 heavy (non-hydrogen) atoms. The topological polar surface area (TPSA) is 173 Å². The van der Waals surface area contributed by atoms with Gasteiger partial charge in [-0.05, 0) is 44.4 Å². The number of aromatic nitrogens is 4. The van der Waals surface area contributed by atoms with Gasteiger partial charge in [0, 0.05) is 56.9 Å². The zero-order valence-corrected chi connectivity index (χ0v) is 27.8. The van der Waals surface area contributed by atoms with Crippen molar-refractivity contribution >= 4 is 40.4 Å². The third-order valence-corrected chi connectivity index (χ3v) is 8.79. The van der Waals surface area contributed by atoms with E-state index in [1.54, 1.807) is 17.7 Å². The first-order chi connectivity index (χ1) is 23.3. The molecule has 3 aromatic rings. The number of Topliss-reactive ketones (excluding diaryl/α,β-unsaturated/α-hetero) is 1. The van der Waals surface area contributed by atoms with Crippen LogP contribution >= 0.6 is 0 Å². The molecule has 15 nitrogen and oxygen atoms in total. The van der Waals surface area contributed by atoms with E-state index in [0.29, 0.717) is 68.0 Å². The molecule has 0 atom stereocenters. The average molecular weight is 667 g/mol. The van der Waals surface area contributed by atoms with Crippen LogP contribution in [0.15, 0.2) is 29.3 Å². The fourth-order valence-corrected chi connectivity index (χ4v) is 6.27. The number of pyridine rings is 2. The molecule has 0 aromatic carbocycles. The molecule has 2 fully saturated rings. The Kier molecular flexibility index (Phi) is 12.7. The number of aryl methyl sites for hydroxylation is 1. The van der Waals surface area contributed by atoms with Gasteiger partial charge < -0.3 is 34.9 Å². The van der Waals surface area contributed by atoms with Gasteiger partial charge in [0.15, 0.2) is 5.78 Å². The first-order valence-electron chi connectivity index (χ1n) is 16.6. The summed E-state index contributed by atoms with van der Waals surface area (Å²) in [4.78, 5) is 54.8. The van der Waals surface area contributed by atoms with Crippen molar-refractivity contribution in [2.75, 3.05) is 89.1 Å². The largest absolute Gasteiger partial charge is 0.465 e. The molecule has 3 N–H and O–H groups in total. The summed E-state index contributed by atoms with van der Waals surface area (Å²) < 4.78 is 18.2. The summed E-state index contributed by atoms with van der Waals surface area (Å²) in [5.41, 5.74) is 2.16. The fraction of sp³-hybridized carbons (Fsp3) is 0.576. The molecule has 1 aliphatic carbocycles. The van der Waals surface area contributed by atoms with Crippen molar-refractivity contribution in [3.63, 3.8) is 0 Å². The van der Waals surface area contributed by atoms with E-state index >= 15 is 0 Å². The molecule has 3 aromatic heterocycles. The van der Waals surface area contributed by atoms with Gasteiger partial charge in [-0.25, -0.2) is 14.8 Å². The van der Waals surface area contributed by atoms with Crippen molar-refractivity contribution in [2.24, 2.45) is 0 Å². The molecular formula is C33H46N8O7. The summed E-state index contributed by atoms with van der Waals surface area (Å²) in [6.07, 6.45) is 6.35. The Morgan fingerprint density at radius 2 is 1.62 bits per heavy atom. The normalized spacial score (nSPS) is 15.7. The molecule has 0 unspecified atom stereocenters. The molecular weight excluding hydrogens is 620 g/mol. The van der Waals surface area contributed by atoms with Crippen LogP contribution in [0, 0.1) is 6.92 Å². The molecule has 2 aliphatic rings. The zero-order chi connectivity index (χ0) is 33.9.